The number of nitrogens with zero attached hydrogens (tertiary/aromatic N) is 5. The molecule has 0 aromatic carbocycles. The smallest absolute Gasteiger partial charge is 0.191 e. The molecule has 166 valence electrons. The number of guanidine groups is 1. The quantitative estimate of drug-likeness (QED) is 0.225. The van der Waals surface area contributed by atoms with Crippen LogP contribution in [0, 0.1) is 0 Å². The number of nitrogens with one attached hydrogen (secondary N) is 2. The normalized spacial score (nSPS) is 19.0. The van der Waals surface area contributed by atoms with Crippen molar-refractivity contribution in [2.45, 2.75) is 64.5 Å². The number of morpholine rings is 1. The first-order valence-electron chi connectivity index (χ1n) is 11.1. The van der Waals surface area contributed by atoms with Crippen molar-refractivity contribution >= 4 is 29.9 Å². The largest absolute Gasteiger partial charge is 0.379 e. The molecule has 8 nitrogen and oxygen atoms in total. The van der Waals surface area contributed by atoms with E-state index < -0.39 is 0 Å². The van der Waals surface area contributed by atoms with Gasteiger partial charge in [0.05, 0.1) is 13.2 Å². The monoisotopic (exact) mass is 519 g/mol. The Bertz CT molecular complexity index is 583. The van der Waals surface area contributed by atoms with E-state index in [9.17, 15) is 0 Å². The second-order valence-corrected chi connectivity index (χ2v) is 7.74. The fourth-order valence-corrected chi connectivity index (χ4v) is 3.94. The van der Waals surface area contributed by atoms with Crippen molar-refractivity contribution in [2.75, 3.05) is 45.9 Å². The van der Waals surface area contributed by atoms with Crippen molar-refractivity contribution in [2.24, 2.45) is 4.99 Å². The topological polar surface area (TPSA) is 79.6 Å². The summed E-state index contributed by atoms with van der Waals surface area (Å²) in [4.78, 5) is 7.33. The summed E-state index contributed by atoms with van der Waals surface area (Å²) in [6.07, 6.45) is 10.3. The summed E-state index contributed by atoms with van der Waals surface area (Å²) in [7, 11) is 0. The fourth-order valence-electron chi connectivity index (χ4n) is 3.94. The molecule has 2 fully saturated rings. The fraction of sp³-hybridized carbons (Fsp3) is 0.850. The van der Waals surface area contributed by atoms with Crippen LogP contribution in [0.5, 0.6) is 0 Å². The van der Waals surface area contributed by atoms with Crippen LogP contribution in [0.25, 0.3) is 0 Å². The van der Waals surface area contributed by atoms with Gasteiger partial charge >= 0.3 is 0 Å². The summed E-state index contributed by atoms with van der Waals surface area (Å²) in [6, 6.07) is 0.556. The van der Waals surface area contributed by atoms with Gasteiger partial charge < -0.3 is 19.9 Å². The number of halogens is 1. The first kappa shape index (κ1) is 24.3. The lowest BCUT2D eigenvalue weighted by Crippen LogP contribution is -2.45. The zero-order valence-electron chi connectivity index (χ0n) is 17.8. The van der Waals surface area contributed by atoms with Crippen LogP contribution in [0.15, 0.2) is 11.3 Å². The molecule has 0 radical (unpaired) electrons. The number of rotatable bonds is 9. The summed E-state index contributed by atoms with van der Waals surface area (Å²) in [5, 5.41) is 15.4. The van der Waals surface area contributed by atoms with Crippen molar-refractivity contribution in [3.63, 3.8) is 0 Å². The van der Waals surface area contributed by atoms with Gasteiger partial charge in [-0.05, 0) is 19.3 Å². The van der Waals surface area contributed by atoms with Crippen molar-refractivity contribution in [1.29, 1.82) is 0 Å². The van der Waals surface area contributed by atoms with Gasteiger partial charge in [0.25, 0.3) is 0 Å². The van der Waals surface area contributed by atoms with E-state index in [0.717, 1.165) is 77.1 Å². The standard InChI is InChI=1S/C20H37N7O.HI/c1-2-19-25-23-17-27(19)12-10-22-20(24-18-7-4-3-5-8-18)21-9-6-11-26-13-15-28-16-14-26;/h17-18H,2-16H2,1H3,(H2,21,22,24);1H. The van der Waals surface area contributed by atoms with Gasteiger partial charge in [-0.25, -0.2) is 0 Å². The summed E-state index contributed by atoms with van der Waals surface area (Å²) in [5.74, 6) is 1.99. The average molecular weight is 519 g/mol. The van der Waals surface area contributed by atoms with E-state index in [2.05, 4.69) is 37.2 Å². The zero-order chi connectivity index (χ0) is 19.4. The third-order valence-corrected chi connectivity index (χ3v) is 5.61. The summed E-state index contributed by atoms with van der Waals surface area (Å²) >= 11 is 0. The van der Waals surface area contributed by atoms with Crippen molar-refractivity contribution < 1.29 is 4.74 Å². The van der Waals surface area contributed by atoms with Crippen molar-refractivity contribution in [3.05, 3.63) is 12.2 Å². The van der Waals surface area contributed by atoms with Gasteiger partial charge in [-0.2, -0.15) is 0 Å². The first-order chi connectivity index (χ1) is 13.8. The van der Waals surface area contributed by atoms with Crippen LogP contribution >= 0.6 is 24.0 Å². The minimum atomic E-state index is 0. The van der Waals surface area contributed by atoms with Gasteiger partial charge in [-0.15, -0.1) is 34.2 Å². The molecule has 0 bridgehead atoms. The van der Waals surface area contributed by atoms with Gasteiger partial charge in [-0.1, -0.05) is 26.2 Å². The first-order valence-corrected chi connectivity index (χ1v) is 11.1. The Morgan fingerprint density at radius 2 is 2.00 bits per heavy atom. The summed E-state index contributed by atoms with van der Waals surface area (Å²) in [5.41, 5.74) is 0. The molecule has 0 spiro atoms. The lowest BCUT2D eigenvalue weighted by atomic mass is 9.96. The Hall–Kier alpha value is -0.940. The maximum absolute atomic E-state index is 5.42. The van der Waals surface area contributed by atoms with Crippen LogP contribution in [0.3, 0.4) is 0 Å². The molecule has 1 saturated carbocycles. The van der Waals surface area contributed by atoms with E-state index in [1.807, 2.05) is 6.33 Å². The Balaban J connectivity index is 0.00000300. The number of hydrogen-bond acceptors (Lipinski definition) is 5. The maximum Gasteiger partial charge on any atom is 0.191 e. The van der Waals surface area contributed by atoms with Gasteiger partial charge in [0.1, 0.15) is 12.2 Å². The molecule has 1 aromatic rings. The molecule has 1 aliphatic heterocycles. The van der Waals surface area contributed by atoms with E-state index in [1.54, 1.807) is 0 Å². The Kier molecular flexibility index (Phi) is 11.9. The van der Waals surface area contributed by atoms with Crippen molar-refractivity contribution in [1.82, 2.24) is 30.3 Å². The second-order valence-electron chi connectivity index (χ2n) is 7.74. The maximum atomic E-state index is 5.42. The number of aromatic nitrogens is 3. The number of hydrogen-bond donors (Lipinski definition) is 2. The molecule has 2 heterocycles. The molecule has 0 amide bonds. The van der Waals surface area contributed by atoms with E-state index >= 15 is 0 Å². The van der Waals surface area contributed by atoms with Crippen LogP contribution in [0.4, 0.5) is 0 Å². The number of aryl methyl sites for hydroxylation is 1. The van der Waals surface area contributed by atoms with Crippen LogP contribution in [-0.2, 0) is 17.7 Å². The SMILES string of the molecule is CCc1nncn1CCNC(=NCCCN1CCOCC1)NC1CCCCC1.I. The molecule has 2 aliphatic rings. The number of aliphatic imine (C=N–C) groups is 1. The van der Waals surface area contributed by atoms with E-state index in [4.69, 9.17) is 9.73 Å². The highest BCUT2D eigenvalue weighted by atomic mass is 127. The third kappa shape index (κ3) is 8.75. The highest BCUT2D eigenvalue weighted by Crippen LogP contribution is 2.17. The molecular weight excluding hydrogens is 481 g/mol. The van der Waals surface area contributed by atoms with E-state index in [1.165, 1.54) is 32.1 Å². The van der Waals surface area contributed by atoms with E-state index in [-0.39, 0.29) is 24.0 Å². The van der Waals surface area contributed by atoms with E-state index in [0.29, 0.717) is 6.04 Å². The van der Waals surface area contributed by atoms with Crippen molar-refractivity contribution in [3.8, 4) is 0 Å². The third-order valence-electron chi connectivity index (χ3n) is 5.61. The van der Waals surface area contributed by atoms with Gasteiger partial charge in [0, 0.05) is 51.7 Å². The predicted octanol–water partition coefficient (Wildman–Crippen LogP) is 2.05. The predicted molar refractivity (Wildman–Crippen MR) is 127 cm³/mol. The molecule has 1 saturated heterocycles. The molecule has 0 atom stereocenters. The van der Waals surface area contributed by atoms with Gasteiger partial charge in [0.15, 0.2) is 5.96 Å². The molecule has 9 heteroatoms. The minimum absolute atomic E-state index is 0. The molecule has 1 aliphatic carbocycles. The molecule has 29 heavy (non-hydrogen) atoms. The average Bonchev–Trinajstić information content (AvgIpc) is 3.20. The minimum Gasteiger partial charge on any atom is -0.379 e. The highest BCUT2D eigenvalue weighted by molar-refractivity contribution is 14.0. The summed E-state index contributed by atoms with van der Waals surface area (Å²) in [6.45, 7) is 9.57. The number of ether oxygens (including phenoxy) is 1. The molecule has 2 N–H and O–H groups in total. The Morgan fingerprint density at radius 1 is 1.21 bits per heavy atom. The lowest BCUT2D eigenvalue weighted by Gasteiger charge is -2.26. The molecule has 1 aromatic heterocycles. The van der Waals surface area contributed by atoms with Gasteiger partial charge in [0.2, 0.25) is 0 Å². The summed E-state index contributed by atoms with van der Waals surface area (Å²) < 4.78 is 7.53. The van der Waals surface area contributed by atoms with Crippen LogP contribution in [0.1, 0.15) is 51.3 Å². The molecule has 3 rings (SSSR count). The molecular formula is C20H38IN7O. The van der Waals surface area contributed by atoms with Gasteiger partial charge in [-0.3, -0.25) is 9.89 Å². The lowest BCUT2D eigenvalue weighted by molar-refractivity contribution is 0.0377. The highest BCUT2D eigenvalue weighted by Gasteiger charge is 2.15. The zero-order valence-corrected chi connectivity index (χ0v) is 20.1. The Labute approximate surface area is 192 Å². The Morgan fingerprint density at radius 3 is 2.76 bits per heavy atom. The molecule has 0 unspecified atom stereocenters. The second kappa shape index (κ2) is 14.1. The van der Waals surface area contributed by atoms with Crippen LogP contribution in [0.2, 0.25) is 0 Å². The van der Waals surface area contributed by atoms with Crippen LogP contribution in [-0.4, -0.2) is 77.6 Å². The van der Waals surface area contributed by atoms with Crippen LogP contribution < -0.4 is 10.6 Å².